The van der Waals surface area contributed by atoms with Crippen LogP contribution in [0, 0.1) is 0 Å². The first kappa shape index (κ1) is 23.6. The standard InChI is InChI=1S/C27H19ClN2O5S/c28-21-10-12-25-20(15-21)16-22(14-18-6-8-19(9-7-18)27(31)32)30(25)36(33,34)24-11-13-26(29-17-24)35-23-4-2-1-3-5-23/h1-13,15-17H,14H2,(H,31,32). The molecule has 0 saturated carbocycles. The minimum atomic E-state index is -4.04. The van der Waals surface area contributed by atoms with Crippen LogP contribution in [0.5, 0.6) is 11.6 Å². The van der Waals surface area contributed by atoms with E-state index in [0.717, 1.165) is 5.56 Å². The van der Waals surface area contributed by atoms with Gasteiger partial charge in [-0.15, -0.1) is 0 Å². The Morgan fingerprint density at radius 2 is 1.69 bits per heavy atom. The van der Waals surface area contributed by atoms with E-state index >= 15 is 0 Å². The molecule has 5 rings (SSSR count). The Morgan fingerprint density at radius 1 is 0.944 bits per heavy atom. The number of benzene rings is 3. The second kappa shape index (κ2) is 9.49. The number of carboxylic acid groups (broad SMARTS) is 1. The van der Waals surface area contributed by atoms with Crippen molar-refractivity contribution in [1.29, 1.82) is 0 Å². The third-order valence-corrected chi connectivity index (χ3v) is 7.57. The summed E-state index contributed by atoms with van der Waals surface area (Å²) in [7, 11) is -4.04. The molecule has 0 amide bonds. The van der Waals surface area contributed by atoms with Crippen LogP contribution in [0.2, 0.25) is 5.02 Å². The number of aromatic nitrogens is 2. The van der Waals surface area contributed by atoms with Crippen molar-refractivity contribution < 1.29 is 23.1 Å². The highest BCUT2D eigenvalue weighted by atomic mass is 35.5. The largest absolute Gasteiger partial charge is 0.478 e. The average Bonchev–Trinajstić information content (AvgIpc) is 3.23. The van der Waals surface area contributed by atoms with Crippen molar-refractivity contribution in [2.24, 2.45) is 0 Å². The fourth-order valence-electron chi connectivity index (χ4n) is 3.89. The molecule has 5 aromatic rings. The number of hydrogen-bond acceptors (Lipinski definition) is 5. The predicted molar refractivity (Wildman–Crippen MR) is 136 cm³/mol. The van der Waals surface area contributed by atoms with Crippen molar-refractivity contribution in [3.05, 3.63) is 119 Å². The molecule has 36 heavy (non-hydrogen) atoms. The van der Waals surface area contributed by atoms with Crippen LogP contribution in [0.4, 0.5) is 0 Å². The summed E-state index contributed by atoms with van der Waals surface area (Å²) in [6.07, 6.45) is 1.52. The van der Waals surface area contributed by atoms with E-state index in [1.54, 1.807) is 48.5 Å². The molecule has 3 aromatic carbocycles. The molecule has 0 fully saturated rings. The second-order valence-electron chi connectivity index (χ2n) is 8.03. The third-order valence-electron chi connectivity index (χ3n) is 5.59. The highest BCUT2D eigenvalue weighted by Gasteiger charge is 2.24. The number of pyridine rings is 1. The van der Waals surface area contributed by atoms with Gasteiger partial charge in [-0.3, -0.25) is 0 Å². The fraction of sp³-hybridized carbons (Fsp3) is 0.0370. The highest BCUT2D eigenvalue weighted by Crippen LogP contribution is 2.30. The Morgan fingerprint density at radius 3 is 2.36 bits per heavy atom. The maximum atomic E-state index is 13.8. The molecule has 9 heteroatoms. The Labute approximate surface area is 212 Å². The third kappa shape index (κ3) is 4.68. The number of nitrogens with zero attached hydrogens (tertiary/aromatic N) is 2. The Kier molecular flexibility index (Phi) is 6.22. The van der Waals surface area contributed by atoms with E-state index < -0.39 is 16.0 Å². The van der Waals surface area contributed by atoms with E-state index in [-0.39, 0.29) is 22.8 Å². The van der Waals surface area contributed by atoms with E-state index in [4.69, 9.17) is 21.4 Å². The molecule has 0 radical (unpaired) electrons. The van der Waals surface area contributed by atoms with Gasteiger partial charge in [-0.25, -0.2) is 22.2 Å². The summed E-state index contributed by atoms with van der Waals surface area (Å²) in [5, 5.41) is 10.3. The molecule has 2 aromatic heterocycles. The van der Waals surface area contributed by atoms with Crippen molar-refractivity contribution in [2.75, 3.05) is 0 Å². The SMILES string of the molecule is O=C(O)c1ccc(Cc2cc3cc(Cl)ccc3n2S(=O)(=O)c2ccc(Oc3ccccc3)nc2)cc1. The molecule has 0 bridgehead atoms. The molecule has 180 valence electrons. The topological polar surface area (TPSA) is 98.5 Å². The second-order valence-corrected chi connectivity index (χ2v) is 10.3. The molecule has 7 nitrogen and oxygen atoms in total. The number of halogens is 1. The summed E-state index contributed by atoms with van der Waals surface area (Å²) < 4.78 is 34.5. The number of carboxylic acids is 1. The van der Waals surface area contributed by atoms with Crippen molar-refractivity contribution in [3.8, 4) is 11.6 Å². The van der Waals surface area contributed by atoms with E-state index in [0.29, 0.717) is 27.4 Å². The van der Waals surface area contributed by atoms with E-state index in [2.05, 4.69) is 4.98 Å². The zero-order valence-electron chi connectivity index (χ0n) is 18.7. The number of fused-ring (bicyclic) bond motifs is 1. The zero-order valence-corrected chi connectivity index (χ0v) is 20.3. The van der Waals surface area contributed by atoms with Gasteiger partial charge in [-0.1, -0.05) is 41.9 Å². The van der Waals surface area contributed by atoms with E-state index in [1.807, 2.05) is 18.2 Å². The lowest BCUT2D eigenvalue weighted by molar-refractivity contribution is 0.0697. The molecule has 0 aliphatic rings. The van der Waals surface area contributed by atoms with Crippen LogP contribution in [0.15, 0.2) is 102 Å². The van der Waals surface area contributed by atoms with Crippen LogP contribution in [0.3, 0.4) is 0 Å². The molecule has 0 saturated heterocycles. The Hall–Kier alpha value is -4.14. The van der Waals surface area contributed by atoms with E-state index in [1.165, 1.54) is 34.4 Å². The normalized spacial score (nSPS) is 11.5. The van der Waals surface area contributed by atoms with Crippen molar-refractivity contribution in [1.82, 2.24) is 8.96 Å². The molecule has 1 N–H and O–H groups in total. The Bertz CT molecular complexity index is 1660. The molecule has 0 aliphatic heterocycles. The summed E-state index contributed by atoms with van der Waals surface area (Å²) in [5.41, 5.74) is 1.89. The number of rotatable bonds is 7. The molecular formula is C27H19ClN2O5S. The first-order valence-corrected chi connectivity index (χ1v) is 12.7. The lowest BCUT2D eigenvalue weighted by atomic mass is 10.1. The fourth-order valence-corrected chi connectivity index (χ4v) is 5.56. The number of carbonyl (C=O) groups is 1. The summed E-state index contributed by atoms with van der Waals surface area (Å²) in [6.45, 7) is 0. The van der Waals surface area contributed by atoms with Gasteiger partial charge in [0.15, 0.2) is 0 Å². The van der Waals surface area contributed by atoms with Gasteiger partial charge in [-0.05, 0) is 60.2 Å². The molecule has 0 aliphatic carbocycles. The quantitative estimate of drug-likeness (QED) is 0.283. The predicted octanol–water partition coefficient (Wildman–Crippen LogP) is 6.01. The number of aromatic carboxylic acids is 1. The highest BCUT2D eigenvalue weighted by molar-refractivity contribution is 7.90. The molecular weight excluding hydrogens is 500 g/mol. The molecule has 0 atom stereocenters. The Balaban J connectivity index is 1.54. The van der Waals surface area contributed by atoms with Gasteiger partial charge in [-0.2, -0.15) is 0 Å². The van der Waals surface area contributed by atoms with Gasteiger partial charge >= 0.3 is 5.97 Å². The van der Waals surface area contributed by atoms with Crippen LogP contribution in [-0.4, -0.2) is 28.5 Å². The van der Waals surface area contributed by atoms with E-state index in [9.17, 15) is 13.2 Å². The smallest absolute Gasteiger partial charge is 0.335 e. The van der Waals surface area contributed by atoms with Crippen LogP contribution in [0.1, 0.15) is 21.6 Å². The van der Waals surface area contributed by atoms with Crippen LogP contribution < -0.4 is 4.74 Å². The van der Waals surface area contributed by atoms with Gasteiger partial charge in [0.1, 0.15) is 10.6 Å². The minimum Gasteiger partial charge on any atom is -0.478 e. The molecule has 2 heterocycles. The first-order chi connectivity index (χ1) is 17.3. The molecule has 0 unspecified atom stereocenters. The summed E-state index contributed by atoms with van der Waals surface area (Å²) in [5.74, 6) is -0.173. The first-order valence-electron chi connectivity index (χ1n) is 10.9. The monoisotopic (exact) mass is 518 g/mol. The van der Waals surface area contributed by atoms with Gasteiger partial charge in [0, 0.05) is 28.6 Å². The van der Waals surface area contributed by atoms with Crippen molar-refractivity contribution >= 4 is 38.5 Å². The summed E-state index contributed by atoms with van der Waals surface area (Å²) in [6, 6.07) is 25.1. The average molecular weight is 519 g/mol. The lowest BCUT2D eigenvalue weighted by Crippen LogP contribution is -2.16. The van der Waals surface area contributed by atoms with Crippen LogP contribution in [-0.2, 0) is 16.4 Å². The zero-order chi connectivity index (χ0) is 25.3. The van der Waals surface area contributed by atoms with Gasteiger partial charge < -0.3 is 9.84 Å². The van der Waals surface area contributed by atoms with Crippen molar-refractivity contribution in [3.63, 3.8) is 0 Å². The summed E-state index contributed by atoms with van der Waals surface area (Å²) in [4.78, 5) is 15.4. The van der Waals surface area contributed by atoms with Crippen LogP contribution in [0.25, 0.3) is 10.9 Å². The van der Waals surface area contributed by atoms with Gasteiger partial charge in [0.05, 0.1) is 17.3 Å². The van der Waals surface area contributed by atoms with Gasteiger partial charge in [0.2, 0.25) is 5.88 Å². The minimum absolute atomic E-state index is 0.00200. The van der Waals surface area contributed by atoms with Crippen LogP contribution >= 0.6 is 11.6 Å². The maximum absolute atomic E-state index is 13.8. The number of ether oxygens (including phenoxy) is 1. The number of hydrogen-bond donors (Lipinski definition) is 1. The lowest BCUT2D eigenvalue weighted by Gasteiger charge is -2.13. The number of para-hydroxylation sites is 1. The maximum Gasteiger partial charge on any atom is 0.335 e. The summed E-state index contributed by atoms with van der Waals surface area (Å²) >= 11 is 6.16. The molecule has 0 spiro atoms. The van der Waals surface area contributed by atoms with Gasteiger partial charge in [0.25, 0.3) is 10.0 Å². The van der Waals surface area contributed by atoms with Crippen molar-refractivity contribution in [2.45, 2.75) is 11.3 Å².